The third-order valence-electron chi connectivity index (χ3n) is 2.95. The van der Waals surface area contributed by atoms with E-state index in [0.29, 0.717) is 5.69 Å². The molecule has 21 heavy (non-hydrogen) atoms. The van der Waals surface area contributed by atoms with E-state index in [4.69, 9.17) is 16.9 Å². The van der Waals surface area contributed by atoms with Gasteiger partial charge in [0.1, 0.15) is 11.8 Å². The maximum atomic E-state index is 12.9. The lowest BCUT2D eigenvalue weighted by Crippen LogP contribution is -2.10. The molecule has 0 aliphatic carbocycles. The van der Waals surface area contributed by atoms with Gasteiger partial charge < -0.3 is 9.88 Å². The Kier molecular flexibility index (Phi) is 4.14. The summed E-state index contributed by atoms with van der Waals surface area (Å²) >= 11 is 5.62. The highest BCUT2D eigenvalue weighted by atomic mass is 35.5. The molecule has 0 aliphatic heterocycles. The Labute approximate surface area is 124 Å². The molecule has 1 heterocycles. The highest BCUT2D eigenvalue weighted by Crippen LogP contribution is 2.36. The van der Waals surface area contributed by atoms with Crippen LogP contribution < -0.4 is 5.32 Å². The molecule has 0 fully saturated rings. The number of benzene rings is 1. The highest BCUT2D eigenvalue weighted by Gasteiger charge is 2.33. The Morgan fingerprint density at radius 2 is 2.05 bits per heavy atom. The lowest BCUT2D eigenvalue weighted by molar-refractivity contribution is -0.136. The Hall–Kier alpha value is -2.13. The number of hydrogen-bond acceptors (Lipinski definition) is 2. The summed E-state index contributed by atoms with van der Waals surface area (Å²) in [5.41, 5.74) is 0.303. The van der Waals surface area contributed by atoms with Crippen LogP contribution in [0.25, 0.3) is 0 Å². The third-order valence-corrected chi connectivity index (χ3v) is 3.18. The molecule has 1 N–H and O–H groups in total. The van der Waals surface area contributed by atoms with E-state index in [1.54, 1.807) is 23.9 Å². The van der Waals surface area contributed by atoms with Gasteiger partial charge in [-0.15, -0.1) is 0 Å². The first kappa shape index (κ1) is 15.3. The van der Waals surface area contributed by atoms with Crippen LogP contribution in [0.3, 0.4) is 0 Å². The molecule has 0 spiro atoms. The molecule has 0 saturated heterocycles. The predicted octanol–water partition coefficient (Wildman–Crippen LogP) is 4.18. The standard InChI is InChI=1S/C14H11ClF3N3/c1-21-8-9(4-11(21)6-19)7-20-13-3-2-10(15)5-12(13)14(16,17)18/h2-5,8,20H,7H2,1H3. The van der Waals surface area contributed by atoms with Gasteiger partial charge in [-0.05, 0) is 29.8 Å². The molecule has 0 amide bonds. The van der Waals surface area contributed by atoms with Crippen LogP contribution in [0, 0.1) is 11.3 Å². The fraction of sp³-hybridized carbons (Fsp3) is 0.214. The number of aromatic nitrogens is 1. The van der Waals surface area contributed by atoms with E-state index in [-0.39, 0.29) is 17.3 Å². The van der Waals surface area contributed by atoms with Crippen LogP contribution >= 0.6 is 11.6 Å². The number of nitriles is 1. The number of halogens is 4. The van der Waals surface area contributed by atoms with Gasteiger partial charge in [-0.25, -0.2) is 0 Å². The maximum Gasteiger partial charge on any atom is 0.418 e. The Morgan fingerprint density at radius 1 is 1.33 bits per heavy atom. The van der Waals surface area contributed by atoms with Crippen molar-refractivity contribution in [3.05, 3.63) is 52.3 Å². The SMILES string of the molecule is Cn1cc(CNc2ccc(Cl)cc2C(F)(F)F)cc1C#N. The fourth-order valence-corrected chi connectivity index (χ4v) is 2.12. The van der Waals surface area contributed by atoms with E-state index in [1.165, 1.54) is 12.1 Å². The normalized spacial score (nSPS) is 11.2. The second kappa shape index (κ2) is 5.70. The number of anilines is 1. The monoisotopic (exact) mass is 313 g/mol. The van der Waals surface area contributed by atoms with Crippen molar-refractivity contribution >= 4 is 17.3 Å². The summed E-state index contributed by atoms with van der Waals surface area (Å²) in [6, 6.07) is 7.19. The molecular formula is C14H11ClF3N3. The summed E-state index contributed by atoms with van der Waals surface area (Å²) in [5, 5.41) is 11.6. The van der Waals surface area contributed by atoms with Crippen LogP contribution in [0.5, 0.6) is 0 Å². The van der Waals surface area contributed by atoms with E-state index >= 15 is 0 Å². The molecule has 2 rings (SSSR count). The average molecular weight is 314 g/mol. The molecule has 1 aromatic heterocycles. The minimum absolute atomic E-state index is 0.0272. The molecule has 2 aromatic rings. The van der Waals surface area contributed by atoms with E-state index in [0.717, 1.165) is 11.6 Å². The molecule has 3 nitrogen and oxygen atoms in total. The predicted molar refractivity (Wildman–Crippen MR) is 73.9 cm³/mol. The van der Waals surface area contributed by atoms with E-state index in [1.807, 2.05) is 6.07 Å². The van der Waals surface area contributed by atoms with Gasteiger partial charge in [0, 0.05) is 30.5 Å². The first-order chi connectivity index (χ1) is 9.81. The fourth-order valence-electron chi connectivity index (χ4n) is 1.94. The lowest BCUT2D eigenvalue weighted by atomic mass is 10.1. The van der Waals surface area contributed by atoms with Crippen molar-refractivity contribution in [3.63, 3.8) is 0 Å². The van der Waals surface area contributed by atoms with Crippen LogP contribution in [0.1, 0.15) is 16.8 Å². The topological polar surface area (TPSA) is 40.8 Å². The van der Waals surface area contributed by atoms with Crippen molar-refractivity contribution in [2.45, 2.75) is 12.7 Å². The van der Waals surface area contributed by atoms with Gasteiger partial charge in [-0.1, -0.05) is 11.6 Å². The van der Waals surface area contributed by atoms with Crippen LogP contribution in [-0.2, 0) is 19.8 Å². The first-order valence-electron chi connectivity index (χ1n) is 5.97. The van der Waals surface area contributed by atoms with E-state index in [9.17, 15) is 13.2 Å². The highest BCUT2D eigenvalue weighted by molar-refractivity contribution is 6.30. The molecule has 0 aliphatic rings. The van der Waals surface area contributed by atoms with Gasteiger partial charge >= 0.3 is 6.18 Å². The molecular weight excluding hydrogens is 303 g/mol. The zero-order valence-corrected chi connectivity index (χ0v) is 11.8. The van der Waals surface area contributed by atoms with Crippen LogP contribution in [0.15, 0.2) is 30.5 Å². The van der Waals surface area contributed by atoms with E-state index in [2.05, 4.69) is 5.32 Å². The second-order valence-corrected chi connectivity index (χ2v) is 4.93. The molecule has 0 atom stereocenters. The number of nitrogens with zero attached hydrogens (tertiary/aromatic N) is 2. The van der Waals surface area contributed by atoms with Gasteiger partial charge in [0.25, 0.3) is 0 Å². The average Bonchev–Trinajstić information content (AvgIpc) is 2.76. The maximum absolute atomic E-state index is 12.9. The summed E-state index contributed by atoms with van der Waals surface area (Å²) in [5.74, 6) is 0. The van der Waals surface area contributed by atoms with Crippen LogP contribution in [0.4, 0.5) is 18.9 Å². The van der Waals surface area contributed by atoms with Crippen molar-refractivity contribution in [2.75, 3.05) is 5.32 Å². The van der Waals surface area contributed by atoms with Crippen molar-refractivity contribution in [2.24, 2.45) is 7.05 Å². The minimum atomic E-state index is -4.48. The van der Waals surface area contributed by atoms with Crippen molar-refractivity contribution in [1.82, 2.24) is 4.57 Å². The van der Waals surface area contributed by atoms with E-state index < -0.39 is 11.7 Å². The molecule has 0 saturated carbocycles. The van der Waals surface area contributed by atoms with Gasteiger partial charge in [-0.2, -0.15) is 18.4 Å². The number of hydrogen-bond donors (Lipinski definition) is 1. The Morgan fingerprint density at radius 3 is 2.62 bits per heavy atom. The lowest BCUT2D eigenvalue weighted by Gasteiger charge is -2.14. The molecule has 7 heteroatoms. The molecule has 0 radical (unpaired) electrons. The molecule has 0 bridgehead atoms. The number of alkyl halides is 3. The quantitative estimate of drug-likeness (QED) is 0.923. The Balaban J connectivity index is 2.22. The second-order valence-electron chi connectivity index (χ2n) is 4.50. The van der Waals surface area contributed by atoms with Gasteiger partial charge in [-0.3, -0.25) is 0 Å². The zero-order valence-electron chi connectivity index (χ0n) is 11.0. The number of rotatable bonds is 3. The summed E-state index contributed by atoms with van der Waals surface area (Å²) in [6.45, 7) is 0.181. The van der Waals surface area contributed by atoms with Crippen LogP contribution in [0.2, 0.25) is 5.02 Å². The Bertz CT molecular complexity index is 698. The van der Waals surface area contributed by atoms with Crippen molar-refractivity contribution in [3.8, 4) is 6.07 Å². The molecule has 110 valence electrons. The molecule has 1 aromatic carbocycles. The zero-order chi connectivity index (χ0) is 15.6. The van der Waals surface area contributed by atoms with Crippen molar-refractivity contribution in [1.29, 1.82) is 5.26 Å². The minimum Gasteiger partial charge on any atom is -0.380 e. The van der Waals surface area contributed by atoms with Crippen molar-refractivity contribution < 1.29 is 13.2 Å². The van der Waals surface area contributed by atoms with Gasteiger partial charge in [0.2, 0.25) is 0 Å². The number of aryl methyl sites for hydroxylation is 1. The van der Waals surface area contributed by atoms with Gasteiger partial charge in [0.15, 0.2) is 0 Å². The van der Waals surface area contributed by atoms with Crippen LogP contribution in [-0.4, -0.2) is 4.57 Å². The summed E-state index contributed by atoms with van der Waals surface area (Å²) in [4.78, 5) is 0. The summed E-state index contributed by atoms with van der Waals surface area (Å²) in [6.07, 6.45) is -2.80. The molecule has 0 unspecified atom stereocenters. The smallest absolute Gasteiger partial charge is 0.380 e. The summed E-state index contributed by atoms with van der Waals surface area (Å²) in [7, 11) is 1.70. The third kappa shape index (κ3) is 3.50. The first-order valence-corrected chi connectivity index (χ1v) is 6.35. The number of nitrogens with one attached hydrogen (secondary N) is 1. The largest absolute Gasteiger partial charge is 0.418 e. The van der Waals surface area contributed by atoms with Gasteiger partial charge in [0.05, 0.1) is 5.56 Å². The summed E-state index contributed by atoms with van der Waals surface area (Å²) < 4.78 is 40.4.